The molecular formula is C40H35F7N8O2. The number of furan rings is 2. The van der Waals surface area contributed by atoms with E-state index in [0.717, 1.165) is 54.5 Å². The fourth-order valence-electron chi connectivity index (χ4n) is 6.10. The van der Waals surface area contributed by atoms with Gasteiger partial charge in [0.05, 0.1) is 24.1 Å². The predicted molar refractivity (Wildman–Crippen MR) is 201 cm³/mol. The van der Waals surface area contributed by atoms with Crippen molar-refractivity contribution in [2.75, 3.05) is 33.9 Å². The number of nitrogens with zero attached hydrogens (tertiary/aromatic N) is 5. The van der Waals surface area contributed by atoms with E-state index in [4.69, 9.17) is 8.83 Å². The Morgan fingerprint density at radius 3 is 1.61 bits per heavy atom. The fraction of sp³-hybridized carbons (Fsp3) is 0.250. The monoisotopic (exact) mass is 792 g/mol. The quantitative estimate of drug-likeness (QED) is 0.116. The minimum atomic E-state index is -4.53. The van der Waals surface area contributed by atoms with Crippen LogP contribution >= 0.6 is 0 Å². The first-order chi connectivity index (χ1) is 27.4. The second-order valence-electron chi connectivity index (χ2n) is 13.1. The van der Waals surface area contributed by atoms with Crippen LogP contribution in [0.25, 0.3) is 21.8 Å². The van der Waals surface area contributed by atoms with Crippen molar-refractivity contribution in [2.24, 2.45) is 0 Å². The summed E-state index contributed by atoms with van der Waals surface area (Å²) in [6.07, 6.45) is -5.61. The Morgan fingerprint density at radius 1 is 0.544 bits per heavy atom. The van der Waals surface area contributed by atoms with E-state index in [9.17, 15) is 30.7 Å². The SMILES string of the molecule is FC(F)(F)c1ccc(CNc2nc(N3CCCCC3)nc3ccccc23)o1.Fc1ccc(CNc2nc(NCc3ccc(C(F)(F)F)o3)c3ccccc3n2)cc1. The highest BCUT2D eigenvalue weighted by Crippen LogP contribution is 2.33. The highest BCUT2D eigenvalue weighted by molar-refractivity contribution is 5.90. The van der Waals surface area contributed by atoms with Crippen molar-refractivity contribution in [3.05, 3.63) is 131 Å². The third-order valence-corrected chi connectivity index (χ3v) is 8.94. The van der Waals surface area contributed by atoms with Gasteiger partial charge in [-0.1, -0.05) is 36.4 Å². The van der Waals surface area contributed by atoms with Gasteiger partial charge in [-0.25, -0.2) is 14.4 Å². The summed E-state index contributed by atoms with van der Waals surface area (Å²) >= 11 is 0. The molecule has 10 nitrogen and oxygen atoms in total. The molecule has 17 heteroatoms. The lowest BCUT2D eigenvalue weighted by molar-refractivity contribution is -0.154. The Bertz CT molecular complexity index is 2420. The van der Waals surface area contributed by atoms with Gasteiger partial charge in [-0.2, -0.15) is 36.3 Å². The van der Waals surface area contributed by atoms with E-state index in [-0.39, 0.29) is 30.4 Å². The minimum Gasteiger partial charge on any atom is -0.455 e. The Kier molecular flexibility index (Phi) is 11.4. The summed E-state index contributed by atoms with van der Waals surface area (Å²) in [6.45, 7) is 2.33. The molecule has 1 aliphatic rings. The highest BCUT2D eigenvalue weighted by atomic mass is 19.4. The van der Waals surface area contributed by atoms with Gasteiger partial charge in [0, 0.05) is 30.4 Å². The van der Waals surface area contributed by atoms with Crippen molar-refractivity contribution in [1.29, 1.82) is 0 Å². The van der Waals surface area contributed by atoms with Crippen molar-refractivity contribution in [1.82, 2.24) is 19.9 Å². The van der Waals surface area contributed by atoms with Crippen LogP contribution in [0.5, 0.6) is 0 Å². The molecule has 57 heavy (non-hydrogen) atoms. The molecule has 1 fully saturated rings. The van der Waals surface area contributed by atoms with Gasteiger partial charge in [0.15, 0.2) is 0 Å². The lowest BCUT2D eigenvalue weighted by Crippen LogP contribution is -2.31. The average Bonchev–Trinajstić information content (AvgIpc) is 3.91. The van der Waals surface area contributed by atoms with E-state index in [0.29, 0.717) is 41.0 Å². The maximum absolute atomic E-state index is 13.0. The molecule has 8 rings (SSSR count). The second kappa shape index (κ2) is 16.8. The Morgan fingerprint density at radius 2 is 1.07 bits per heavy atom. The first-order valence-electron chi connectivity index (χ1n) is 18.0. The molecule has 0 spiro atoms. The van der Waals surface area contributed by atoms with Crippen LogP contribution in [0.15, 0.2) is 106 Å². The molecule has 296 valence electrons. The number of rotatable bonds is 10. The number of alkyl halides is 6. The summed E-state index contributed by atoms with van der Waals surface area (Å²) in [5.41, 5.74) is 2.30. The van der Waals surface area contributed by atoms with Crippen LogP contribution in [0.3, 0.4) is 0 Å². The van der Waals surface area contributed by atoms with Gasteiger partial charge in [-0.3, -0.25) is 0 Å². The van der Waals surface area contributed by atoms with Crippen molar-refractivity contribution in [3.8, 4) is 0 Å². The molecule has 0 saturated carbocycles. The molecule has 1 aliphatic heterocycles. The molecule has 0 atom stereocenters. The molecule has 0 aliphatic carbocycles. The summed E-state index contributed by atoms with van der Waals surface area (Å²) in [7, 11) is 0. The normalized spacial score (nSPS) is 13.4. The van der Waals surface area contributed by atoms with E-state index < -0.39 is 23.9 Å². The van der Waals surface area contributed by atoms with Gasteiger partial charge in [0.25, 0.3) is 0 Å². The summed E-state index contributed by atoms with van der Waals surface area (Å²) in [6, 6.07) is 25.3. The molecule has 0 bridgehead atoms. The molecule has 1 saturated heterocycles. The van der Waals surface area contributed by atoms with Crippen molar-refractivity contribution >= 4 is 45.3 Å². The summed E-state index contributed by atoms with van der Waals surface area (Å²) < 4.78 is 99.0. The second-order valence-corrected chi connectivity index (χ2v) is 13.1. The van der Waals surface area contributed by atoms with Crippen LogP contribution in [0, 0.1) is 5.82 Å². The van der Waals surface area contributed by atoms with Crippen molar-refractivity contribution < 1.29 is 39.6 Å². The molecule has 3 N–H and O–H groups in total. The summed E-state index contributed by atoms with van der Waals surface area (Å²) in [5.74, 6) is -0.0240. The number of hydrogen-bond acceptors (Lipinski definition) is 10. The van der Waals surface area contributed by atoms with E-state index in [1.807, 2.05) is 42.5 Å². The zero-order valence-corrected chi connectivity index (χ0v) is 30.1. The molecule has 4 aromatic heterocycles. The lowest BCUT2D eigenvalue weighted by atomic mass is 10.1. The van der Waals surface area contributed by atoms with Gasteiger partial charge in [0.2, 0.25) is 23.4 Å². The molecule has 0 radical (unpaired) electrons. The van der Waals surface area contributed by atoms with Crippen LogP contribution < -0.4 is 20.9 Å². The maximum Gasteiger partial charge on any atom is 0.449 e. The summed E-state index contributed by atoms with van der Waals surface area (Å²) in [4.78, 5) is 20.3. The molecule has 5 heterocycles. The number of aromatic nitrogens is 4. The minimum absolute atomic E-state index is 0.0223. The largest absolute Gasteiger partial charge is 0.455 e. The van der Waals surface area contributed by atoms with Crippen LogP contribution in [0.4, 0.5) is 54.3 Å². The molecule has 3 aromatic carbocycles. The Balaban J connectivity index is 0.000000175. The smallest absolute Gasteiger partial charge is 0.449 e. The number of piperidine rings is 1. The third-order valence-electron chi connectivity index (χ3n) is 8.94. The highest BCUT2D eigenvalue weighted by Gasteiger charge is 2.35. The van der Waals surface area contributed by atoms with Crippen molar-refractivity contribution in [2.45, 2.75) is 51.2 Å². The standard InChI is InChI=1S/C21H16F4N4O.C19H19F3N4O/c22-14-7-5-13(6-8-14)11-27-20-28-17-4-2-1-3-16(17)19(29-20)26-12-15-9-10-18(30-15)21(23,24)25;20-19(21,22)16-9-8-13(27-16)12-23-17-14-6-2-3-7-15(14)24-18(25-17)26-10-4-1-5-11-26/h1-10H,11-12H2,(H2,26,27,28,29);2-3,6-9H,1,4-5,10-12H2,(H,23,24,25). The van der Waals surface area contributed by atoms with Crippen molar-refractivity contribution in [3.63, 3.8) is 0 Å². The first kappa shape index (κ1) is 38.9. The zero-order valence-electron chi connectivity index (χ0n) is 30.1. The number of anilines is 4. The number of fused-ring (bicyclic) bond motifs is 2. The van der Waals surface area contributed by atoms with Crippen LogP contribution in [0.2, 0.25) is 0 Å². The number of hydrogen-bond donors (Lipinski definition) is 3. The predicted octanol–water partition coefficient (Wildman–Crippen LogP) is 10.4. The van der Waals surface area contributed by atoms with Crippen LogP contribution in [0.1, 0.15) is 47.9 Å². The number of benzene rings is 3. The van der Waals surface area contributed by atoms with E-state index >= 15 is 0 Å². The Hall–Kier alpha value is -6.39. The van der Waals surface area contributed by atoms with E-state index in [2.05, 4.69) is 40.8 Å². The van der Waals surface area contributed by atoms with E-state index in [1.165, 1.54) is 30.7 Å². The van der Waals surface area contributed by atoms with Gasteiger partial charge < -0.3 is 29.7 Å². The lowest BCUT2D eigenvalue weighted by Gasteiger charge is -2.27. The molecule has 0 unspecified atom stereocenters. The third kappa shape index (κ3) is 9.89. The number of halogens is 7. The molecule has 7 aromatic rings. The first-order valence-corrected chi connectivity index (χ1v) is 18.0. The fourth-order valence-corrected chi connectivity index (χ4v) is 6.10. The van der Waals surface area contributed by atoms with E-state index in [1.54, 1.807) is 18.2 Å². The van der Waals surface area contributed by atoms with Gasteiger partial charge in [-0.15, -0.1) is 0 Å². The van der Waals surface area contributed by atoms with Crippen LogP contribution in [-0.2, 0) is 32.0 Å². The number of para-hydroxylation sites is 2. The zero-order chi connectivity index (χ0) is 40.0. The van der Waals surface area contributed by atoms with Gasteiger partial charge in [-0.05, 0) is 85.5 Å². The Labute approximate surface area is 321 Å². The van der Waals surface area contributed by atoms with Crippen LogP contribution in [-0.4, -0.2) is 33.0 Å². The van der Waals surface area contributed by atoms with Gasteiger partial charge >= 0.3 is 12.4 Å². The maximum atomic E-state index is 13.0. The molecule has 0 amide bonds. The topological polar surface area (TPSA) is 117 Å². The summed E-state index contributed by atoms with van der Waals surface area (Å²) in [5, 5.41) is 10.7. The van der Waals surface area contributed by atoms with Gasteiger partial charge in [0.1, 0.15) is 29.0 Å². The average molecular weight is 793 g/mol. The number of nitrogens with one attached hydrogen (secondary N) is 3. The molecular weight excluding hydrogens is 757 g/mol.